The van der Waals surface area contributed by atoms with Gasteiger partial charge < -0.3 is 21.5 Å². The summed E-state index contributed by atoms with van der Waals surface area (Å²) in [5.41, 5.74) is 10.4. The van der Waals surface area contributed by atoms with Crippen molar-refractivity contribution in [1.29, 1.82) is 0 Å². The van der Waals surface area contributed by atoms with Crippen LogP contribution in [0.2, 0.25) is 0 Å². The first-order valence-electron chi connectivity index (χ1n) is 4.38. The van der Waals surface area contributed by atoms with Gasteiger partial charge in [-0.05, 0) is 6.42 Å². The van der Waals surface area contributed by atoms with Crippen molar-refractivity contribution >= 4 is 11.8 Å². The molecule has 0 aliphatic rings. The molecular formula is C8H17N3O3. The molecule has 0 aromatic carbocycles. The fourth-order valence-corrected chi connectivity index (χ4v) is 0.861. The van der Waals surface area contributed by atoms with Crippen molar-refractivity contribution in [2.24, 2.45) is 11.5 Å². The smallest absolute Gasteiger partial charge is 0.239 e. The Balaban J connectivity index is 3.48. The summed E-state index contributed by atoms with van der Waals surface area (Å²) in [6, 6.07) is -0.659. The predicted molar refractivity (Wildman–Crippen MR) is 51.3 cm³/mol. The molecule has 0 saturated heterocycles. The average Bonchev–Trinajstić information content (AvgIpc) is 2.12. The molecule has 6 heteroatoms. The highest BCUT2D eigenvalue weighted by Crippen LogP contribution is 1.86. The Bertz CT molecular complexity index is 196. The first-order valence-corrected chi connectivity index (χ1v) is 4.38. The van der Waals surface area contributed by atoms with Gasteiger partial charge in [0.2, 0.25) is 11.8 Å². The van der Waals surface area contributed by atoms with E-state index >= 15 is 0 Å². The van der Waals surface area contributed by atoms with E-state index in [4.69, 9.17) is 16.2 Å². The van der Waals surface area contributed by atoms with E-state index in [0.717, 1.165) is 0 Å². The van der Waals surface area contributed by atoms with Gasteiger partial charge in [0.15, 0.2) is 0 Å². The zero-order valence-corrected chi connectivity index (χ0v) is 8.29. The Kier molecular flexibility index (Phi) is 6.69. The van der Waals surface area contributed by atoms with Crippen LogP contribution in [0.1, 0.15) is 12.8 Å². The second-order valence-corrected chi connectivity index (χ2v) is 2.92. The van der Waals surface area contributed by atoms with E-state index in [1.807, 2.05) is 0 Å². The van der Waals surface area contributed by atoms with Crippen molar-refractivity contribution in [3.8, 4) is 0 Å². The van der Waals surface area contributed by atoms with Crippen molar-refractivity contribution in [3.63, 3.8) is 0 Å². The molecule has 14 heavy (non-hydrogen) atoms. The first-order chi connectivity index (χ1) is 6.57. The summed E-state index contributed by atoms with van der Waals surface area (Å²) in [4.78, 5) is 21.5. The van der Waals surface area contributed by atoms with Crippen molar-refractivity contribution in [2.45, 2.75) is 18.9 Å². The highest BCUT2D eigenvalue weighted by atomic mass is 16.5. The number of carbonyl (C=O) groups excluding carboxylic acids is 2. The lowest BCUT2D eigenvalue weighted by molar-refractivity contribution is -0.124. The number of ether oxygens (including phenoxy) is 1. The van der Waals surface area contributed by atoms with Gasteiger partial charge in [-0.25, -0.2) is 0 Å². The molecule has 2 amide bonds. The van der Waals surface area contributed by atoms with Gasteiger partial charge >= 0.3 is 0 Å². The molecule has 0 rings (SSSR count). The van der Waals surface area contributed by atoms with Crippen LogP contribution >= 0.6 is 0 Å². The van der Waals surface area contributed by atoms with E-state index in [-0.39, 0.29) is 24.8 Å². The lowest BCUT2D eigenvalue weighted by Crippen LogP contribution is -2.43. The zero-order valence-electron chi connectivity index (χ0n) is 8.29. The van der Waals surface area contributed by atoms with E-state index in [2.05, 4.69) is 5.32 Å². The van der Waals surface area contributed by atoms with E-state index in [1.54, 1.807) is 0 Å². The Morgan fingerprint density at radius 1 is 1.50 bits per heavy atom. The van der Waals surface area contributed by atoms with Crippen LogP contribution < -0.4 is 16.8 Å². The summed E-state index contributed by atoms with van der Waals surface area (Å²) in [7, 11) is 1.47. The molecular weight excluding hydrogens is 186 g/mol. The topological polar surface area (TPSA) is 107 Å². The summed E-state index contributed by atoms with van der Waals surface area (Å²) in [6.45, 7) is 0.584. The molecule has 1 unspecified atom stereocenters. The molecule has 0 saturated carbocycles. The summed E-state index contributed by atoms with van der Waals surface area (Å²) in [6.07, 6.45) is 0.792. The highest BCUT2D eigenvalue weighted by molar-refractivity contribution is 5.81. The number of primary amides is 1. The Morgan fingerprint density at radius 2 is 2.14 bits per heavy atom. The number of amides is 2. The van der Waals surface area contributed by atoms with Crippen LogP contribution in [-0.4, -0.2) is 38.1 Å². The fraction of sp³-hybridized carbons (Fsp3) is 0.750. The summed E-state index contributed by atoms with van der Waals surface area (Å²) < 4.78 is 4.71. The Morgan fingerprint density at radius 3 is 2.64 bits per heavy atom. The standard InChI is InChI=1S/C8H17N3O3/c1-14-5-6(9)8(13)11-4-2-3-7(10)12/h6H,2-5,9H2,1H3,(H2,10,12)(H,11,13). The minimum Gasteiger partial charge on any atom is -0.383 e. The van der Waals surface area contributed by atoms with Gasteiger partial charge in [-0.15, -0.1) is 0 Å². The van der Waals surface area contributed by atoms with Crippen LogP contribution in [0.5, 0.6) is 0 Å². The molecule has 0 heterocycles. The SMILES string of the molecule is COCC(N)C(=O)NCCCC(N)=O. The van der Waals surface area contributed by atoms with Crippen molar-refractivity contribution in [1.82, 2.24) is 5.32 Å². The molecule has 0 radical (unpaired) electrons. The monoisotopic (exact) mass is 203 g/mol. The fourth-order valence-electron chi connectivity index (χ4n) is 0.861. The number of nitrogens with two attached hydrogens (primary N) is 2. The predicted octanol–water partition coefficient (Wildman–Crippen LogP) is -1.66. The zero-order chi connectivity index (χ0) is 11.0. The van der Waals surface area contributed by atoms with Crippen LogP contribution in [0.3, 0.4) is 0 Å². The van der Waals surface area contributed by atoms with Crippen molar-refractivity contribution in [3.05, 3.63) is 0 Å². The van der Waals surface area contributed by atoms with Crippen LogP contribution in [0.4, 0.5) is 0 Å². The molecule has 0 bridgehead atoms. The van der Waals surface area contributed by atoms with Crippen LogP contribution in [-0.2, 0) is 14.3 Å². The second kappa shape index (κ2) is 7.28. The van der Waals surface area contributed by atoms with Gasteiger partial charge in [-0.3, -0.25) is 9.59 Å². The van der Waals surface area contributed by atoms with Gasteiger partial charge in [0.25, 0.3) is 0 Å². The first kappa shape index (κ1) is 12.9. The summed E-state index contributed by atoms with van der Waals surface area (Å²) in [5, 5.41) is 2.57. The maximum atomic E-state index is 11.1. The van der Waals surface area contributed by atoms with Crippen LogP contribution in [0, 0.1) is 0 Å². The van der Waals surface area contributed by atoms with Gasteiger partial charge in [-0.2, -0.15) is 0 Å². The van der Waals surface area contributed by atoms with Gasteiger partial charge in [0, 0.05) is 20.1 Å². The minimum absolute atomic E-state index is 0.182. The minimum atomic E-state index is -0.659. The number of hydrogen-bond donors (Lipinski definition) is 3. The third-order valence-electron chi connectivity index (χ3n) is 1.58. The molecule has 0 aliphatic heterocycles. The quantitative estimate of drug-likeness (QED) is 0.430. The number of carbonyl (C=O) groups is 2. The van der Waals surface area contributed by atoms with Gasteiger partial charge in [0.1, 0.15) is 6.04 Å². The molecule has 0 spiro atoms. The normalized spacial score (nSPS) is 12.1. The lowest BCUT2D eigenvalue weighted by atomic mass is 10.2. The Labute approximate surface area is 83.0 Å². The highest BCUT2D eigenvalue weighted by Gasteiger charge is 2.11. The molecule has 5 N–H and O–H groups in total. The lowest BCUT2D eigenvalue weighted by Gasteiger charge is -2.10. The van der Waals surface area contributed by atoms with Crippen molar-refractivity contribution in [2.75, 3.05) is 20.3 Å². The Hall–Kier alpha value is -1.14. The second-order valence-electron chi connectivity index (χ2n) is 2.92. The number of methoxy groups -OCH3 is 1. The van der Waals surface area contributed by atoms with Crippen molar-refractivity contribution < 1.29 is 14.3 Å². The van der Waals surface area contributed by atoms with E-state index in [0.29, 0.717) is 13.0 Å². The van der Waals surface area contributed by atoms with Crippen LogP contribution in [0.15, 0.2) is 0 Å². The molecule has 0 aromatic rings. The molecule has 0 aromatic heterocycles. The number of nitrogens with one attached hydrogen (secondary N) is 1. The molecule has 0 aliphatic carbocycles. The summed E-state index contributed by atoms with van der Waals surface area (Å²) >= 11 is 0. The third-order valence-corrected chi connectivity index (χ3v) is 1.58. The van der Waals surface area contributed by atoms with Crippen LogP contribution in [0.25, 0.3) is 0 Å². The molecule has 6 nitrogen and oxygen atoms in total. The maximum absolute atomic E-state index is 11.1. The molecule has 0 fully saturated rings. The van der Waals surface area contributed by atoms with Gasteiger partial charge in [0.05, 0.1) is 6.61 Å². The number of hydrogen-bond acceptors (Lipinski definition) is 4. The molecule has 1 atom stereocenters. The number of rotatable bonds is 7. The van der Waals surface area contributed by atoms with E-state index in [1.165, 1.54) is 7.11 Å². The van der Waals surface area contributed by atoms with E-state index in [9.17, 15) is 9.59 Å². The van der Waals surface area contributed by atoms with Gasteiger partial charge in [-0.1, -0.05) is 0 Å². The average molecular weight is 203 g/mol. The summed E-state index contributed by atoms with van der Waals surface area (Å²) in [5.74, 6) is -0.656. The van der Waals surface area contributed by atoms with E-state index < -0.39 is 6.04 Å². The largest absolute Gasteiger partial charge is 0.383 e. The maximum Gasteiger partial charge on any atom is 0.239 e. The third kappa shape index (κ3) is 6.38. The molecule has 82 valence electrons.